The van der Waals surface area contributed by atoms with Crippen LogP contribution in [-0.2, 0) is 0 Å². The van der Waals surface area contributed by atoms with Crippen molar-refractivity contribution < 1.29 is 9.53 Å². The van der Waals surface area contributed by atoms with Crippen LogP contribution in [0.3, 0.4) is 0 Å². The fraction of sp³-hybridized carbons (Fsp3) is 0.214. The highest BCUT2D eigenvalue weighted by Crippen LogP contribution is 2.30. The molecule has 1 amide bonds. The molecule has 6 rings (SSSR count). The van der Waals surface area contributed by atoms with Crippen molar-refractivity contribution in [2.24, 2.45) is 0 Å². The van der Waals surface area contributed by atoms with Gasteiger partial charge in [0.1, 0.15) is 5.75 Å². The molecule has 186 valence electrons. The molecule has 0 saturated carbocycles. The molecule has 1 N–H and O–H groups in total. The van der Waals surface area contributed by atoms with Crippen LogP contribution < -0.4 is 10.1 Å². The van der Waals surface area contributed by atoms with Crippen LogP contribution in [-0.4, -0.2) is 75.9 Å². The Morgan fingerprint density at radius 2 is 1.57 bits per heavy atom. The summed E-state index contributed by atoms with van der Waals surface area (Å²) in [5.41, 5.74) is 3.09. The molecule has 0 radical (unpaired) electrons. The van der Waals surface area contributed by atoms with E-state index in [1.807, 2.05) is 77.7 Å². The van der Waals surface area contributed by atoms with Crippen LogP contribution >= 0.6 is 0 Å². The number of carbonyl (C=O) groups excluding carboxylic acids is 1. The molecule has 5 aromatic rings. The Morgan fingerprint density at radius 1 is 0.865 bits per heavy atom. The minimum Gasteiger partial charge on any atom is -0.497 e. The average Bonchev–Trinajstić information content (AvgIpc) is 3.38. The number of fused-ring (bicyclic) bond motifs is 3. The molecule has 0 aliphatic carbocycles. The van der Waals surface area contributed by atoms with Crippen molar-refractivity contribution in [3.05, 3.63) is 78.4 Å². The number of rotatable bonds is 5. The Morgan fingerprint density at radius 3 is 2.27 bits per heavy atom. The number of nitrogens with one attached hydrogen (secondary N) is 1. The van der Waals surface area contributed by atoms with E-state index < -0.39 is 0 Å². The Bertz CT molecular complexity index is 1570. The lowest BCUT2D eigenvalue weighted by molar-refractivity contribution is 0.0664. The normalized spacial score (nSPS) is 14.3. The third-order valence-electron chi connectivity index (χ3n) is 6.80. The fourth-order valence-electron chi connectivity index (χ4n) is 4.62. The minimum absolute atomic E-state index is 0.0678. The van der Waals surface area contributed by atoms with Crippen molar-refractivity contribution in [2.75, 3.05) is 45.7 Å². The molecule has 37 heavy (non-hydrogen) atoms. The van der Waals surface area contributed by atoms with E-state index in [1.54, 1.807) is 11.6 Å². The van der Waals surface area contributed by atoms with Gasteiger partial charge >= 0.3 is 0 Å². The van der Waals surface area contributed by atoms with Crippen LogP contribution in [0.5, 0.6) is 5.75 Å². The van der Waals surface area contributed by atoms with Crippen molar-refractivity contribution in [1.82, 2.24) is 29.6 Å². The van der Waals surface area contributed by atoms with Gasteiger partial charge in [0, 0.05) is 53.8 Å². The van der Waals surface area contributed by atoms with E-state index in [4.69, 9.17) is 9.84 Å². The monoisotopic (exact) mass is 493 g/mol. The van der Waals surface area contributed by atoms with Gasteiger partial charge in [0.15, 0.2) is 17.3 Å². The summed E-state index contributed by atoms with van der Waals surface area (Å²) < 4.78 is 7.05. The topological polar surface area (TPSA) is 87.9 Å². The second-order valence-electron chi connectivity index (χ2n) is 9.18. The van der Waals surface area contributed by atoms with E-state index in [0.717, 1.165) is 54.0 Å². The number of ether oxygens (including phenoxy) is 1. The first kappa shape index (κ1) is 22.9. The van der Waals surface area contributed by atoms with Gasteiger partial charge in [-0.2, -0.15) is 4.52 Å². The molecule has 0 atom stereocenters. The van der Waals surface area contributed by atoms with Crippen molar-refractivity contribution in [2.45, 2.75) is 0 Å². The highest BCUT2D eigenvalue weighted by Gasteiger charge is 2.20. The first-order valence-electron chi connectivity index (χ1n) is 12.2. The third kappa shape index (κ3) is 4.34. The zero-order valence-corrected chi connectivity index (χ0v) is 20.8. The van der Waals surface area contributed by atoms with E-state index in [1.165, 1.54) is 0 Å². The summed E-state index contributed by atoms with van der Waals surface area (Å²) in [5.74, 6) is 2.15. The molecule has 1 aliphatic rings. The molecule has 3 heterocycles. The van der Waals surface area contributed by atoms with E-state index in [-0.39, 0.29) is 5.91 Å². The minimum atomic E-state index is 0.0678. The predicted octanol–water partition coefficient (Wildman–Crippen LogP) is 4.08. The molecule has 1 fully saturated rings. The van der Waals surface area contributed by atoms with Crippen LogP contribution in [0.4, 0.5) is 11.5 Å². The summed E-state index contributed by atoms with van der Waals surface area (Å²) >= 11 is 0. The largest absolute Gasteiger partial charge is 0.497 e. The van der Waals surface area contributed by atoms with E-state index in [9.17, 15) is 4.79 Å². The summed E-state index contributed by atoms with van der Waals surface area (Å²) in [6.45, 7) is 3.30. The van der Waals surface area contributed by atoms with Gasteiger partial charge in [0.2, 0.25) is 0 Å². The lowest BCUT2D eigenvalue weighted by atomic mass is 10.1. The third-order valence-corrected chi connectivity index (χ3v) is 6.80. The Hall–Kier alpha value is -4.50. The number of anilines is 2. The molecule has 2 aromatic heterocycles. The quantitative estimate of drug-likeness (QED) is 0.395. The number of likely N-dealkylation sites (N-methyl/N-ethyl adjacent to an activating group) is 1. The molecular weight excluding hydrogens is 466 g/mol. The van der Waals surface area contributed by atoms with Gasteiger partial charge in [-0.15, -0.1) is 15.3 Å². The van der Waals surface area contributed by atoms with Crippen molar-refractivity contribution in [1.29, 1.82) is 0 Å². The molecule has 0 unspecified atom stereocenters. The standard InChI is InChI=1S/C28H27N7O2/c1-33-15-17-34(18-16-33)28(36)20-7-11-21(12-8-20)29-25-23-5-3-4-6-24(23)27-31-30-26(35(27)32-25)19-9-13-22(37-2)14-10-19/h3-14H,15-18H2,1-2H3,(H,29,32). The van der Waals surface area contributed by atoms with Crippen LogP contribution in [0.25, 0.3) is 27.8 Å². The molecule has 0 spiro atoms. The summed E-state index contributed by atoms with van der Waals surface area (Å²) in [6, 6.07) is 23.2. The number of hydrogen-bond donors (Lipinski definition) is 1. The highest BCUT2D eigenvalue weighted by molar-refractivity contribution is 6.01. The molecule has 9 nitrogen and oxygen atoms in total. The maximum atomic E-state index is 12.9. The van der Waals surface area contributed by atoms with Gasteiger partial charge in [-0.25, -0.2) is 0 Å². The lowest BCUT2D eigenvalue weighted by Gasteiger charge is -2.32. The Balaban J connectivity index is 1.33. The number of piperazine rings is 1. The van der Waals surface area contributed by atoms with Gasteiger partial charge < -0.3 is 19.9 Å². The molecular formula is C28H27N7O2. The number of carbonyl (C=O) groups is 1. The Kier molecular flexibility index (Phi) is 5.90. The number of nitrogens with zero attached hydrogens (tertiary/aromatic N) is 6. The van der Waals surface area contributed by atoms with Crippen molar-refractivity contribution in [3.63, 3.8) is 0 Å². The molecule has 9 heteroatoms. The van der Waals surface area contributed by atoms with E-state index in [2.05, 4.69) is 27.5 Å². The zero-order chi connectivity index (χ0) is 25.4. The number of hydrogen-bond acceptors (Lipinski definition) is 7. The second kappa shape index (κ2) is 9.51. The summed E-state index contributed by atoms with van der Waals surface area (Å²) in [5, 5.41) is 19.1. The van der Waals surface area contributed by atoms with Crippen LogP contribution in [0, 0.1) is 0 Å². The molecule has 1 saturated heterocycles. The first-order chi connectivity index (χ1) is 18.1. The van der Waals surface area contributed by atoms with Gasteiger partial charge in [-0.3, -0.25) is 4.79 Å². The number of methoxy groups -OCH3 is 1. The summed E-state index contributed by atoms with van der Waals surface area (Å²) in [4.78, 5) is 17.1. The first-order valence-corrected chi connectivity index (χ1v) is 12.2. The zero-order valence-electron chi connectivity index (χ0n) is 20.8. The van der Waals surface area contributed by atoms with E-state index >= 15 is 0 Å². The van der Waals surface area contributed by atoms with Gasteiger partial charge in [-0.05, 0) is 55.6 Å². The number of amides is 1. The molecule has 3 aromatic carbocycles. The van der Waals surface area contributed by atoms with Crippen LogP contribution in [0.2, 0.25) is 0 Å². The van der Waals surface area contributed by atoms with Gasteiger partial charge in [0.25, 0.3) is 5.91 Å². The smallest absolute Gasteiger partial charge is 0.253 e. The van der Waals surface area contributed by atoms with Crippen LogP contribution in [0.1, 0.15) is 10.4 Å². The van der Waals surface area contributed by atoms with Gasteiger partial charge in [-0.1, -0.05) is 24.3 Å². The maximum Gasteiger partial charge on any atom is 0.253 e. The van der Waals surface area contributed by atoms with Gasteiger partial charge in [0.05, 0.1) is 7.11 Å². The second-order valence-corrected chi connectivity index (χ2v) is 9.18. The van der Waals surface area contributed by atoms with E-state index in [0.29, 0.717) is 22.9 Å². The molecule has 1 aliphatic heterocycles. The summed E-state index contributed by atoms with van der Waals surface area (Å²) in [7, 11) is 3.72. The fourth-order valence-corrected chi connectivity index (χ4v) is 4.62. The Labute approximate surface area is 214 Å². The van der Waals surface area contributed by atoms with Crippen molar-refractivity contribution in [3.8, 4) is 17.1 Å². The predicted molar refractivity (Wildman–Crippen MR) is 143 cm³/mol. The summed E-state index contributed by atoms with van der Waals surface area (Å²) in [6.07, 6.45) is 0. The SMILES string of the molecule is COc1ccc(-c2nnc3c4ccccc4c(Nc4ccc(C(=O)N5CCN(C)CC5)cc4)nn23)cc1. The molecule has 0 bridgehead atoms. The lowest BCUT2D eigenvalue weighted by Crippen LogP contribution is -2.47. The number of benzene rings is 3. The van der Waals surface area contributed by atoms with Crippen molar-refractivity contribution >= 4 is 33.8 Å². The average molecular weight is 494 g/mol. The number of aromatic nitrogens is 4. The van der Waals surface area contributed by atoms with Crippen LogP contribution in [0.15, 0.2) is 72.8 Å². The highest BCUT2D eigenvalue weighted by atomic mass is 16.5. The maximum absolute atomic E-state index is 12.9.